The number of morpholine rings is 1. The number of halogens is 1. The average molecular weight is 329 g/mol. The summed E-state index contributed by atoms with van der Waals surface area (Å²) in [6.07, 6.45) is 0.939. The van der Waals surface area contributed by atoms with Crippen molar-refractivity contribution in [3.63, 3.8) is 0 Å². The molecule has 0 spiro atoms. The molecule has 6 heteroatoms. The van der Waals surface area contributed by atoms with E-state index >= 15 is 0 Å². The fourth-order valence-corrected chi connectivity index (χ4v) is 2.83. The third kappa shape index (κ3) is 3.06. The maximum absolute atomic E-state index is 10.7. The molecule has 0 bridgehead atoms. The quantitative estimate of drug-likeness (QED) is 0.630. The Bertz CT molecular complexity index is 495. The summed E-state index contributed by atoms with van der Waals surface area (Å²) in [5.74, 6) is 0. The molecule has 0 saturated carbocycles. The zero-order chi connectivity index (χ0) is 14.0. The number of nitro groups is 1. The molecule has 0 amide bonds. The van der Waals surface area contributed by atoms with Gasteiger partial charge in [0.2, 0.25) is 0 Å². The lowest BCUT2D eigenvalue weighted by atomic mass is 10.0. The van der Waals surface area contributed by atoms with Gasteiger partial charge in [0.15, 0.2) is 0 Å². The van der Waals surface area contributed by atoms with Crippen LogP contribution in [0.4, 0.5) is 11.4 Å². The molecule has 1 heterocycles. The lowest BCUT2D eigenvalue weighted by molar-refractivity contribution is -0.384. The molecule has 0 aliphatic carbocycles. The van der Waals surface area contributed by atoms with E-state index in [1.165, 1.54) is 0 Å². The van der Waals surface area contributed by atoms with Gasteiger partial charge in [0, 0.05) is 29.7 Å². The summed E-state index contributed by atoms with van der Waals surface area (Å²) < 4.78 is 6.55. The Morgan fingerprint density at radius 3 is 2.89 bits per heavy atom. The second-order valence-electron chi connectivity index (χ2n) is 4.97. The van der Waals surface area contributed by atoms with Gasteiger partial charge >= 0.3 is 0 Å². The average Bonchev–Trinajstić information content (AvgIpc) is 2.38. The molecule has 0 aromatic heterocycles. The topological polar surface area (TPSA) is 55.6 Å². The molecule has 0 N–H and O–H groups in total. The Morgan fingerprint density at radius 2 is 2.32 bits per heavy atom. The number of nitrogens with zero attached hydrogens (tertiary/aromatic N) is 2. The minimum absolute atomic E-state index is 0.0992. The zero-order valence-electron chi connectivity index (χ0n) is 11.1. The number of hydrogen-bond donors (Lipinski definition) is 0. The number of rotatable bonds is 3. The Hall–Kier alpha value is -1.14. The summed E-state index contributed by atoms with van der Waals surface area (Å²) in [5.41, 5.74) is 0.926. The first-order valence-electron chi connectivity index (χ1n) is 6.28. The molecule has 2 rings (SSSR count). The minimum atomic E-state index is -0.385. The van der Waals surface area contributed by atoms with Gasteiger partial charge in [-0.1, -0.05) is 6.92 Å². The largest absolute Gasteiger partial charge is 0.372 e. The first-order chi connectivity index (χ1) is 8.95. The predicted octanol–water partition coefficient (Wildman–Crippen LogP) is 3.36. The molecule has 19 heavy (non-hydrogen) atoms. The maximum Gasteiger partial charge on any atom is 0.270 e. The van der Waals surface area contributed by atoms with Crippen molar-refractivity contribution in [1.29, 1.82) is 0 Å². The van der Waals surface area contributed by atoms with E-state index in [1.54, 1.807) is 18.2 Å². The van der Waals surface area contributed by atoms with E-state index in [1.807, 2.05) is 0 Å². The third-order valence-corrected chi connectivity index (χ3v) is 4.20. The van der Waals surface area contributed by atoms with Crippen molar-refractivity contribution in [3.05, 3.63) is 32.8 Å². The van der Waals surface area contributed by atoms with Crippen LogP contribution in [0.25, 0.3) is 0 Å². The van der Waals surface area contributed by atoms with E-state index in [0.29, 0.717) is 6.61 Å². The monoisotopic (exact) mass is 328 g/mol. The van der Waals surface area contributed by atoms with Crippen LogP contribution in [-0.2, 0) is 4.74 Å². The normalized spacial score (nSPS) is 23.4. The van der Waals surface area contributed by atoms with Gasteiger partial charge < -0.3 is 9.64 Å². The molecule has 1 aromatic carbocycles. The highest BCUT2D eigenvalue weighted by Crippen LogP contribution is 2.33. The summed E-state index contributed by atoms with van der Waals surface area (Å²) in [7, 11) is 0. The van der Waals surface area contributed by atoms with E-state index in [2.05, 4.69) is 34.7 Å². The van der Waals surface area contributed by atoms with Crippen LogP contribution >= 0.6 is 15.9 Å². The Morgan fingerprint density at radius 1 is 1.58 bits per heavy atom. The van der Waals surface area contributed by atoms with E-state index in [9.17, 15) is 10.1 Å². The standard InChI is InChI=1S/C13H17BrN2O3/c1-3-13(2)9-15(6-7-19-13)12-5-4-10(16(17)18)8-11(12)14/h4-5,8H,3,6-7,9H2,1-2H3. The summed E-state index contributed by atoms with van der Waals surface area (Å²) in [5, 5.41) is 10.7. The van der Waals surface area contributed by atoms with Crippen molar-refractivity contribution in [2.24, 2.45) is 0 Å². The number of hydrogen-bond acceptors (Lipinski definition) is 4. The van der Waals surface area contributed by atoms with Gasteiger partial charge in [-0.3, -0.25) is 10.1 Å². The van der Waals surface area contributed by atoms with Gasteiger partial charge in [-0.2, -0.15) is 0 Å². The van der Waals surface area contributed by atoms with Crippen LogP contribution < -0.4 is 4.90 Å². The van der Waals surface area contributed by atoms with E-state index in [4.69, 9.17) is 4.74 Å². The van der Waals surface area contributed by atoms with Crippen LogP contribution in [-0.4, -0.2) is 30.2 Å². The van der Waals surface area contributed by atoms with Gasteiger partial charge in [-0.15, -0.1) is 0 Å². The SMILES string of the molecule is CCC1(C)CN(c2ccc([N+](=O)[O-])cc2Br)CCO1. The lowest BCUT2D eigenvalue weighted by Crippen LogP contribution is -2.50. The van der Waals surface area contributed by atoms with Crippen LogP contribution in [0, 0.1) is 10.1 Å². The molecule has 1 unspecified atom stereocenters. The Balaban J connectivity index is 2.24. The van der Waals surface area contributed by atoms with Crippen LogP contribution in [0.1, 0.15) is 20.3 Å². The van der Waals surface area contributed by atoms with E-state index < -0.39 is 0 Å². The molecule has 1 aliphatic rings. The number of nitro benzene ring substituents is 1. The first kappa shape index (κ1) is 14.3. The molecular weight excluding hydrogens is 312 g/mol. The van der Waals surface area contributed by atoms with Crippen molar-refractivity contribution >= 4 is 27.3 Å². The molecule has 1 atom stereocenters. The molecule has 1 aliphatic heterocycles. The highest BCUT2D eigenvalue weighted by atomic mass is 79.9. The fourth-order valence-electron chi connectivity index (χ4n) is 2.22. The third-order valence-electron chi connectivity index (χ3n) is 3.57. The van der Waals surface area contributed by atoms with Crippen LogP contribution in [0.3, 0.4) is 0 Å². The molecule has 1 saturated heterocycles. The summed E-state index contributed by atoms with van der Waals surface area (Å²) in [6.45, 7) is 6.46. The zero-order valence-corrected chi connectivity index (χ0v) is 12.6. The minimum Gasteiger partial charge on any atom is -0.372 e. The molecule has 5 nitrogen and oxygen atoms in total. The first-order valence-corrected chi connectivity index (χ1v) is 7.07. The summed E-state index contributed by atoms with van der Waals surface area (Å²) >= 11 is 3.42. The highest BCUT2D eigenvalue weighted by molar-refractivity contribution is 9.10. The Kier molecular flexibility index (Phi) is 4.10. The second-order valence-corrected chi connectivity index (χ2v) is 5.82. The van der Waals surface area contributed by atoms with Crippen molar-refractivity contribution < 1.29 is 9.66 Å². The van der Waals surface area contributed by atoms with Crippen molar-refractivity contribution in [3.8, 4) is 0 Å². The van der Waals surface area contributed by atoms with Crippen LogP contribution in [0.15, 0.2) is 22.7 Å². The van der Waals surface area contributed by atoms with Gasteiger partial charge in [0.25, 0.3) is 5.69 Å². The van der Waals surface area contributed by atoms with Crippen LogP contribution in [0.2, 0.25) is 0 Å². The van der Waals surface area contributed by atoms with Gasteiger partial charge in [0.1, 0.15) is 0 Å². The van der Waals surface area contributed by atoms with E-state index in [0.717, 1.165) is 29.7 Å². The number of ether oxygens (including phenoxy) is 1. The molecule has 104 valence electrons. The number of anilines is 1. The summed E-state index contributed by atoms with van der Waals surface area (Å²) in [6, 6.07) is 4.89. The molecule has 0 radical (unpaired) electrons. The second kappa shape index (κ2) is 5.46. The van der Waals surface area contributed by atoms with Crippen molar-refractivity contribution in [2.75, 3.05) is 24.6 Å². The highest BCUT2D eigenvalue weighted by Gasteiger charge is 2.31. The predicted molar refractivity (Wildman–Crippen MR) is 77.7 cm³/mol. The van der Waals surface area contributed by atoms with Gasteiger partial charge in [0.05, 0.1) is 22.8 Å². The Labute approximate surface area is 120 Å². The molecule has 1 fully saturated rings. The smallest absolute Gasteiger partial charge is 0.270 e. The summed E-state index contributed by atoms with van der Waals surface area (Å²) in [4.78, 5) is 12.6. The number of non-ortho nitro benzene ring substituents is 1. The fraction of sp³-hybridized carbons (Fsp3) is 0.538. The molecule has 1 aromatic rings. The maximum atomic E-state index is 10.7. The van der Waals surface area contributed by atoms with Gasteiger partial charge in [-0.05, 0) is 35.3 Å². The lowest BCUT2D eigenvalue weighted by Gasteiger charge is -2.41. The van der Waals surface area contributed by atoms with Crippen molar-refractivity contribution in [1.82, 2.24) is 0 Å². The van der Waals surface area contributed by atoms with Crippen LogP contribution in [0.5, 0.6) is 0 Å². The van der Waals surface area contributed by atoms with E-state index in [-0.39, 0.29) is 16.2 Å². The van der Waals surface area contributed by atoms with Gasteiger partial charge in [-0.25, -0.2) is 0 Å². The number of benzene rings is 1. The molecular formula is C13H17BrN2O3. The van der Waals surface area contributed by atoms with Crippen molar-refractivity contribution in [2.45, 2.75) is 25.9 Å².